The van der Waals surface area contributed by atoms with Crippen molar-refractivity contribution in [2.24, 2.45) is 0 Å². The first kappa shape index (κ1) is 34.0. The minimum Gasteiger partial charge on any atom is -0.458 e. The third-order valence-corrected chi connectivity index (χ3v) is 18.4. The second-order valence-corrected chi connectivity index (χ2v) is 20.0. The van der Waals surface area contributed by atoms with Gasteiger partial charge in [0.1, 0.15) is 22.7 Å². The molecule has 0 bridgehead atoms. The maximum atomic E-state index is 6.78. The topological polar surface area (TPSA) is 25.6 Å². The number of hydrogen-bond donors (Lipinski definition) is 0. The van der Waals surface area contributed by atoms with Crippen molar-refractivity contribution in [3.05, 3.63) is 212 Å². The quantitative estimate of drug-likeness (QED) is 0.162. The van der Waals surface area contributed by atoms with Gasteiger partial charge in [0.2, 0.25) is 0 Å². The van der Waals surface area contributed by atoms with Gasteiger partial charge in [-0.05, 0) is 116 Å². The third kappa shape index (κ3) is 5.36. The Morgan fingerprint density at radius 1 is 0.356 bits per heavy atom. The maximum Gasteiger partial charge on any atom is 0.190 e. The molecule has 3 nitrogen and oxygen atoms in total. The van der Waals surface area contributed by atoms with Gasteiger partial charge in [0.15, 0.2) is 8.07 Å². The highest BCUT2D eigenvalue weighted by Gasteiger charge is 2.52. The van der Waals surface area contributed by atoms with Crippen LogP contribution < -0.4 is 30.4 Å². The molecule has 0 saturated carbocycles. The summed E-state index contributed by atoms with van der Waals surface area (Å²) in [7, 11) is -2.76. The van der Waals surface area contributed by atoms with Crippen molar-refractivity contribution < 1.29 is 9.15 Å². The number of fused-ring (bicyclic) bond motifs is 11. The normalized spacial score (nSPS) is 13.3. The Bertz CT molecular complexity index is 3130. The summed E-state index contributed by atoms with van der Waals surface area (Å²) in [6.45, 7) is 0. The monoisotopic (exact) mass is 789 g/mol. The fourth-order valence-corrected chi connectivity index (χ4v) is 16.5. The molecule has 2 aliphatic rings. The first-order chi connectivity index (χ1) is 29.2. The number of nitrogens with zero attached hydrogens (tertiary/aromatic N) is 1. The fourth-order valence-electron chi connectivity index (χ4n) is 9.34. The molecular weight excluding hydrogens is 755 g/mol. The van der Waals surface area contributed by atoms with E-state index in [1.165, 1.54) is 47.2 Å². The van der Waals surface area contributed by atoms with E-state index in [2.05, 4.69) is 217 Å². The van der Waals surface area contributed by atoms with Crippen LogP contribution >= 0.6 is 11.8 Å². The molecule has 5 heteroatoms. The lowest BCUT2D eigenvalue weighted by molar-refractivity contribution is 0.487. The van der Waals surface area contributed by atoms with E-state index in [-0.39, 0.29) is 0 Å². The Morgan fingerprint density at radius 2 is 0.864 bits per heavy atom. The van der Waals surface area contributed by atoms with E-state index in [0.717, 1.165) is 56.1 Å². The van der Waals surface area contributed by atoms with Crippen LogP contribution in [0.3, 0.4) is 0 Å². The molecule has 0 aliphatic carbocycles. The average molecular weight is 790 g/mol. The lowest BCUT2D eigenvalue weighted by atomic mass is 10.0. The minimum atomic E-state index is -2.76. The van der Waals surface area contributed by atoms with Crippen LogP contribution in [-0.4, -0.2) is 8.07 Å². The summed E-state index contributed by atoms with van der Waals surface area (Å²) in [5.41, 5.74) is 9.63. The van der Waals surface area contributed by atoms with Crippen molar-refractivity contribution in [2.45, 2.75) is 9.79 Å². The lowest BCUT2D eigenvalue weighted by Gasteiger charge is -2.43. The van der Waals surface area contributed by atoms with Gasteiger partial charge in [-0.15, -0.1) is 0 Å². The number of ether oxygens (including phenoxy) is 1. The zero-order valence-electron chi connectivity index (χ0n) is 31.9. The SMILES string of the molecule is c1ccc(-c2ccc(N(c3ccccc3)c3ccc4c(c3)oc3cc(-c5ccc6c(c5)[Si]5(c7ccccc7Oc7ccccc75)c5ccccc5S6)ccc34)cc2)cc1. The van der Waals surface area contributed by atoms with E-state index in [9.17, 15) is 0 Å². The number of anilines is 3. The second kappa shape index (κ2) is 13.5. The maximum absolute atomic E-state index is 6.78. The highest BCUT2D eigenvalue weighted by molar-refractivity contribution is 8.00. The number of hydrogen-bond acceptors (Lipinski definition) is 4. The molecule has 0 atom stereocenters. The largest absolute Gasteiger partial charge is 0.458 e. The van der Waals surface area contributed by atoms with Gasteiger partial charge in [-0.2, -0.15) is 0 Å². The zero-order chi connectivity index (χ0) is 38.9. The molecule has 1 spiro atoms. The Hall–Kier alpha value is -7.05. The minimum absolute atomic E-state index is 0.858. The molecule has 0 fully saturated rings. The van der Waals surface area contributed by atoms with E-state index in [1.807, 2.05) is 11.8 Å². The lowest BCUT2D eigenvalue weighted by Crippen LogP contribution is -2.77. The number of furan rings is 1. The molecule has 3 heterocycles. The predicted molar refractivity (Wildman–Crippen MR) is 247 cm³/mol. The molecule has 10 aromatic rings. The average Bonchev–Trinajstić information content (AvgIpc) is 3.67. The smallest absolute Gasteiger partial charge is 0.190 e. The highest BCUT2D eigenvalue weighted by atomic mass is 32.2. The van der Waals surface area contributed by atoms with Gasteiger partial charge < -0.3 is 14.1 Å². The summed E-state index contributed by atoms with van der Waals surface area (Å²) >= 11 is 1.88. The van der Waals surface area contributed by atoms with Gasteiger partial charge in [0.25, 0.3) is 0 Å². The van der Waals surface area contributed by atoms with Crippen LogP contribution in [-0.2, 0) is 0 Å². The predicted octanol–water partition coefficient (Wildman–Crippen LogP) is 12.3. The summed E-state index contributed by atoms with van der Waals surface area (Å²) in [6, 6.07) is 76.6. The molecule has 0 amide bonds. The summed E-state index contributed by atoms with van der Waals surface area (Å²) in [5, 5.41) is 7.61. The molecule has 0 N–H and O–H groups in total. The molecular formula is C54H35NO2SSi. The standard InChI is InChI=1S/C54H35NO2SSi/c1-3-13-36(14-4-1)37-23-27-41(28-24-37)55(40-15-5-2-6-16-40)42-29-31-44-43-30-25-38(33-47(43)57-48(44)35-42)39-26-32-50-54(34-39)59(53-22-12-9-19-49(53)58-50)51-20-10-7-17-45(51)56-46-18-8-11-21-52(46)59/h1-35H. The highest BCUT2D eigenvalue weighted by Crippen LogP contribution is 2.42. The molecule has 0 saturated heterocycles. The Labute approximate surface area is 347 Å². The number of rotatable bonds is 5. The molecule has 2 aliphatic heterocycles. The third-order valence-electron chi connectivity index (χ3n) is 12.0. The Balaban J connectivity index is 0.974. The summed E-state index contributed by atoms with van der Waals surface area (Å²) in [6.07, 6.45) is 0. The van der Waals surface area contributed by atoms with Crippen LogP contribution in [0.15, 0.2) is 227 Å². The van der Waals surface area contributed by atoms with Crippen LogP contribution in [0.2, 0.25) is 0 Å². The van der Waals surface area contributed by atoms with Gasteiger partial charge in [-0.1, -0.05) is 145 Å². The van der Waals surface area contributed by atoms with Crippen molar-refractivity contribution >= 4 is 79.6 Å². The van der Waals surface area contributed by atoms with Crippen molar-refractivity contribution in [3.63, 3.8) is 0 Å². The molecule has 278 valence electrons. The molecule has 59 heavy (non-hydrogen) atoms. The summed E-state index contributed by atoms with van der Waals surface area (Å²) in [4.78, 5) is 4.92. The van der Waals surface area contributed by atoms with Crippen LogP contribution in [0.4, 0.5) is 17.1 Å². The van der Waals surface area contributed by atoms with Crippen molar-refractivity contribution in [1.82, 2.24) is 0 Å². The summed E-state index contributed by atoms with van der Waals surface area (Å²) < 4.78 is 13.4. The second-order valence-electron chi connectivity index (χ2n) is 15.2. The van der Waals surface area contributed by atoms with Crippen molar-refractivity contribution in [3.8, 4) is 33.8 Å². The number of para-hydroxylation sites is 3. The van der Waals surface area contributed by atoms with Gasteiger partial charge >= 0.3 is 0 Å². The molecule has 0 unspecified atom stereocenters. The van der Waals surface area contributed by atoms with Crippen LogP contribution in [0.5, 0.6) is 11.5 Å². The van der Waals surface area contributed by atoms with Crippen molar-refractivity contribution in [2.75, 3.05) is 4.90 Å². The van der Waals surface area contributed by atoms with Crippen LogP contribution in [0, 0.1) is 0 Å². The van der Waals surface area contributed by atoms with E-state index < -0.39 is 8.07 Å². The van der Waals surface area contributed by atoms with E-state index in [0.29, 0.717) is 0 Å². The van der Waals surface area contributed by atoms with Gasteiger partial charge in [-0.3, -0.25) is 0 Å². The fraction of sp³-hybridized carbons (Fsp3) is 0. The Kier molecular flexibility index (Phi) is 7.80. The van der Waals surface area contributed by atoms with Gasteiger partial charge in [0, 0.05) is 43.7 Å². The van der Waals surface area contributed by atoms with Gasteiger partial charge in [0.05, 0.1) is 0 Å². The van der Waals surface area contributed by atoms with Gasteiger partial charge in [-0.25, -0.2) is 0 Å². The van der Waals surface area contributed by atoms with E-state index >= 15 is 0 Å². The molecule has 9 aromatic carbocycles. The first-order valence-corrected chi connectivity index (χ1v) is 22.8. The van der Waals surface area contributed by atoms with Crippen LogP contribution in [0.1, 0.15) is 0 Å². The number of benzene rings is 9. The molecule has 12 rings (SSSR count). The summed E-state index contributed by atoms with van der Waals surface area (Å²) in [5.74, 6) is 1.91. The van der Waals surface area contributed by atoms with Crippen molar-refractivity contribution in [1.29, 1.82) is 0 Å². The Morgan fingerprint density at radius 3 is 1.61 bits per heavy atom. The first-order valence-electron chi connectivity index (χ1n) is 20.0. The zero-order valence-corrected chi connectivity index (χ0v) is 33.7. The molecule has 0 radical (unpaired) electrons. The van der Waals surface area contributed by atoms with E-state index in [4.69, 9.17) is 9.15 Å². The molecule has 1 aromatic heterocycles. The van der Waals surface area contributed by atoms with Crippen LogP contribution in [0.25, 0.3) is 44.2 Å². The van der Waals surface area contributed by atoms with E-state index in [1.54, 1.807) is 0 Å².